The third-order valence-electron chi connectivity index (χ3n) is 4.10. The molecule has 3 fully saturated rings. The molecule has 1 aromatic carbocycles. The Kier molecular flexibility index (Phi) is 2.60. The molecule has 2 bridgehead atoms. The molecule has 102 valence electrons. The fourth-order valence-corrected chi connectivity index (χ4v) is 3.09. The van der Waals surface area contributed by atoms with E-state index in [-0.39, 0.29) is 18.3 Å². The summed E-state index contributed by atoms with van der Waals surface area (Å²) in [5, 5.41) is 0. The smallest absolute Gasteiger partial charge is 0.312 e. The van der Waals surface area contributed by atoms with E-state index in [0.29, 0.717) is 6.42 Å². The van der Waals surface area contributed by atoms with Gasteiger partial charge in [0.2, 0.25) is 0 Å². The highest BCUT2D eigenvalue weighted by atomic mass is 19.2. The normalized spacial score (nSPS) is 32.0. The monoisotopic (exact) mass is 272 g/mol. The van der Waals surface area contributed by atoms with Gasteiger partial charge in [-0.25, -0.2) is 13.2 Å². The van der Waals surface area contributed by atoms with Gasteiger partial charge in [0.1, 0.15) is 0 Å². The number of carbonyl (C=O) groups excluding carboxylic acids is 1. The van der Waals surface area contributed by atoms with Gasteiger partial charge in [-0.05, 0) is 24.1 Å². The molecule has 2 aliphatic heterocycles. The molecule has 1 aromatic rings. The molecule has 2 saturated heterocycles. The van der Waals surface area contributed by atoms with Crippen LogP contribution in [0.5, 0.6) is 0 Å². The van der Waals surface area contributed by atoms with Crippen LogP contribution >= 0.6 is 0 Å². The first-order valence-electron chi connectivity index (χ1n) is 5.84. The molecule has 1 aliphatic carbocycles. The molecule has 19 heavy (non-hydrogen) atoms. The first-order valence-corrected chi connectivity index (χ1v) is 5.84. The van der Waals surface area contributed by atoms with Gasteiger partial charge >= 0.3 is 5.97 Å². The Bertz CT molecular complexity index is 533. The molecule has 3 atom stereocenters. The number of carbonyl (C=O) groups is 1. The highest BCUT2D eigenvalue weighted by molar-refractivity contribution is 5.78. The fourth-order valence-electron chi connectivity index (χ4n) is 3.09. The maximum atomic E-state index is 13.3. The first-order chi connectivity index (χ1) is 8.99. The van der Waals surface area contributed by atoms with Crippen LogP contribution in [0.15, 0.2) is 12.1 Å². The summed E-state index contributed by atoms with van der Waals surface area (Å²) >= 11 is 0. The molecule has 4 rings (SSSR count). The topological polar surface area (TPSA) is 35.5 Å². The van der Waals surface area contributed by atoms with Crippen LogP contribution < -0.4 is 0 Å². The third-order valence-corrected chi connectivity index (χ3v) is 4.10. The molecule has 0 radical (unpaired) electrons. The maximum Gasteiger partial charge on any atom is 0.312 e. The summed E-state index contributed by atoms with van der Waals surface area (Å²) in [5.74, 6) is -5.09. The first kappa shape index (κ1) is 12.5. The summed E-state index contributed by atoms with van der Waals surface area (Å²) in [5.41, 5.74) is -0.555. The second kappa shape index (κ2) is 3.96. The maximum absolute atomic E-state index is 13.3. The Labute approximate surface area is 107 Å². The number of benzene rings is 1. The van der Waals surface area contributed by atoms with E-state index in [1.807, 2.05) is 0 Å². The third kappa shape index (κ3) is 1.52. The largest absolute Gasteiger partial charge is 0.469 e. The van der Waals surface area contributed by atoms with Gasteiger partial charge in [-0.1, -0.05) is 0 Å². The summed E-state index contributed by atoms with van der Waals surface area (Å²) in [7, 11) is 1.25. The van der Waals surface area contributed by atoms with E-state index in [2.05, 4.69) is 4.74 Å². The van der Waals surface area contributed by atoms with Crippen molar-refractivity contribution in [2.24, 2.45) is 5.92 Å². The van der Waals surface area contributed by atoms with Crippen LogP contribution in [0.3, 0.4) is 0 Å². The lowest BCUT2D eigenvalue weighted by molar-refractivity contribution is -0.154. The highest BCUT2D eigenvalue weighted by Crippen LogP contribution is 2.57. The van der Waals surface area contributed by atoms with Crippen molar-refractivity contribution in [3.63, 3.8) is 0 Å². The standard InChI is InChI=1S/C13H11F3O3/c1-18-12(17)10-9-4-13(10,5-19-9)6-2-7(14)11(16)8(15)3-6/h2-3,9-10H,4-5H2,1H3/t9-,10+,13-/m1/s1. The predicted molar refractivity (Wildman–Crippen MR) is 57.9 cm³/mol. The molecule has 0 aromatic heterocycles. The zero-order valence-corrected chi connectivity index (χ0v) is 10.1. The molecule has 0 amide bonds. The van der Waals surface area contributed by atoms with E-state index >= 15 is 0 Å². The van der Waals surface area contributed by atoms with Crippen molar-refractivity contribution < 1.29 is 27.4 Å². The van der Waals surface area contributed by atoms with E-state index < -0.39 is 34.8 Å². The Morgan fingerprint density at radius 3 is 2.53 bits per heavy atom. The Morgan fingerprint density at radius 1 is 1.37 bits per heavy atom. The van der Waals surface area contributed by atoms with E-state index in [0.717, 1.165) is 12.1 Å². The zero-order valence-electron chi connectivity index (χ0n) is 10.1. The summed E-state index contributed by atoms with van der Waals surface area (Å²) < 4.78 is 49.7. The van der Waals surface area contributed by atoms with Gasteiger partial charge in [0, 0.05) is 5.41 Å². The lowest BCUT2D eigenvalue weighted by Crippen LogP contribution is -2.53. The minimum Gasteiger partial charge on any atom is -0.469 e. The number of methoxy groups -OCH3 is 1. The zero-order chi connectivity index (χ0) is 13.8. The number of halogens is 3. The van der Waals surface area contributed by atoms with E-state index in [9.17, 15) is 18.0 Å². The number of rotatable bonds is 2. The van der Waals surface area contributed by atoms with Crippen LogP contribution in [0, 0.1) is 23.4 Å². The number of hydrogen-bond acceptors (Lipinski definition) is 3. The van der Waals surface area contributed by atoms with Crippen molar-refractivity contribution in [1.29, 1.82) is 0 Å². The van der Waals surface area contributed by atoms with Crippen LogP contribution in [0.4, 0.5) is 13.2 Å². The molecule has 0 unspecified atom stereocenters. The molecular formula is C13H11F3O3. The number of ether oxygens (including phenoxy) is 2. The molecule has 0 N–H and O–H groups in total. The van der Waals surface area contributed by atoms with Gasteiger partial charge in [-0.3, -0.25) is 4.79 Å². The summed E-state index contributed by atoms with van der Waals surface area (Å²) in [6.07, 6.45) is 0.195. The van der Waals surface area contributed by atoms with E-state index in [1.54, 1.807) is 0 Å². The van der Waals surface area contributed by atoms with Crippen molar-refractivity contribution in [2.75, 3.05) is 13.7 Å². The highest BCUT2D eigenvalue weighted by Gasteiger charge is 2.65. The Morgan fingerprint density at radius 2 is 2.00 bits per heavy atom. The van der Waals surface area contributed by atoms with E-state index in [4.69, 9.17) is 4.74 Å². The van der Waals surface area contributed by atoms with Crippen LogP contribution in [0.2, 0.25) is 0 Å². The lowest BCUT2D eigenvalue weighted by atomic mass is 9.57. The van der Waals surface area contributed by atoms with Crippen molar-refractivity contribution in [2.45, 2.75) is 17.9 Å². The molecule has 0 spiro atoms. The van der Waals surface area contributed by atoms with Crippen LogP contribution in [0.1, 0.15) is 12.0 Å². The van der Waals surface area contributed by atoms with Crippen LogP contribution in [-0.2, 0) is 19.7 Å². The van der Waals surface area contributed by atoms with Gasteiger partial charge in [0.15, 0.2) is 17.5 Å². The predicted octanol–water partition coefficient (Wildman–Crippen LogP) is 1.93. The average Bonchev–Trinajstić information content (AvgIpc) is 2.94. The Hall–Kier alpha value is -1.56. The molecule has 3 aliphatic rings. The quantitative estimate of drug-likeness (QED) is 0.609. The number of fused-ring (bicyclic) bond motifs is 1. The van der Waals surface area contributed by atoms with Gasteiger partial charge in [0.25, 0.3) is 0 Å². The SMILES string of the molecule is COC(=O)[C@@H]1[C@H]2C[C@]1(c1cc(F)c(F)c(F)c1)CO2. The Balaban J connectivity index is 2.04. The minimum absolute atomic E-state index is 0.182. The van der Waals surface area contributed by atoms with Crippen molar-refractivity contribution in [3.05, 3.63) is 35.1 Å². The van der Waals surface area contributed by atoms with Gasteiger partial charge in [0.05, 0.1) is 25.7 Å². The minimum atomic E-state index is -1.51. The second-order valence-electron chi connectivity index (χ2n) is 4.96. The molecule has 6 heteroatoms. The van der Waals surface area contributed by atoms with Crippen molar-refractivity contribution in [3.8, 4) is 0 Å². The van der Waals surface area contributed by atoms with Crippen LogP contribution in [0.25, 0.3) is 0 Å². The molecule has 3 nitrogen and oxygen atoms in total. The lowest BCUT2D eigenvalue weighted by Gasteiger charge is -2.43. The fraction of sp³-hybridized carbons (Fsp3) is 0.462. The average molecular weight is 272 g/mol. The molecule has 1 saturated carbocycles. The van der Waals surface area contributed by atoms with Gasteiger partial charge in [-0.15, -0.1) is 0 Å². The summed E-state index contributed by atoms with van der Waals surface area (Å²) in [4.78, 5) is 11.7. The van der Waals surface area contributed by atoms with Crippen molar-refractivity contribution >= 4 is 5.97 Å². The number of hydrogen-bond donors (Lipinski definition) is 0. The summed E-state index contributed by atoms with van der Waals surface area (Å²) in [6, 6.07) is 1.86. The van der Waals surface area contributed by atoms with E-state index in [1.165, 1.54) is 7.11 Å². The van der Waals surface area contributed by atoms with Crippen LogP contribution in [-0.4, -0.2) is 25.8 Å². The van der Waals surface area contributed by atoms with Crippen molar-refractivity contribution in [1.82, 2.24) is 0 Å². The number of esters is 1. The van der Waals surface area contributed by atoms with Gasteiger partial charge in [-0.2, -0.15) is 0 Å². The second-order valence-corrected chi connectivity index (χ2v) is 4.96. The molecular weight excluding hydrogens is 261 g/mol. The molecule has 2 heterocycles. The van der Waals surface area contributed by atoms with Gasteiger partial charge < -0.3 is 9.47 Å². The summed E-state index contributed by atoms with van der Waals surface area (Å²) in [6.45, 7) is 0.182.